The van der Waals surface area contributed by atoms with Crippen LogP contribution in [-0.2, 0) is 13.5 Å². The van der Waals surface area contributed by atoms with Crippen molar-refractivity contribution in [2.45, 2.75) is 45.1 Å². The third kappa shape index (κ3) is 2.82. The number of rotatable bonds is 4. The number of aryl methyl sites for hydroxylation is 1. The molecule has 1 N–H and O–H groups in total. The van der Waals surface area contributed by atoms with Crippen LogP contribution in [0.15, 0.2) is 6.33 Å². The van der Waals surface area contributed by atoms with Gasteiger partial charge in [0.25, 0.3) is 0 Å². The third-order valence-corrected chi connectivity index (χ3v) is 3.55. The zero-order valence-electron chi connectivity index (χ0n) is 10.3. The van der Waals surface area contributed by atoms with Crippen LogP contribution in [0.3, 0.4) is 0 Å². The van der Waals surface area contributed by atoms with Crippen LogP contribution in [0.25, 0.3) is 0 Å². The summed E-state index contributed by atoms with van der Waals surface area (Å²) >= 11 is 0. The van der Waals surface area contributed by atoms with Gasteiger partial charge < -0.3 is 5.32 Å². The molecule has 0 bridgehead atoms. The van der Waals surface area contributed by atoms with Crippen molar-refractivity contribution >= 4 is 0 Å². The van der Waals surface area contributed by atoms with Crippen LogP contribution in [0.5, 0.6) is 0 Å². The van der Waals surface area contributed by atoms with Gasteiger partial charge in [-0.05, 0) is 31.7 Å². The van der Waals surface area contributed by atoms with Gasteiger partial charge in [0, 0.05) is 19.5 Å². The molecular weight excluding hydrogens is 200 g/mol. The fraction of sp³-hybridized carbons (Fsp3) is 0.833. The van der Waals surface area contributed by atoms with E-state index in [1.165, 1.54) is 25.7 Å². The molecule has 0 aliphatic heterocycles. The fourth-order valence-corrected chi connectivity index (χ4v) is 2.71. The summed E-state index contributed by atoms with van der Waals surface area (Å²) in [6, 6.07) is 0.719. The Bertz CT molecular complexity index is 319. The average molecular weight is 222 g/mol. The molecule has 0 aromatic carbocycles. The van der Waals surface area contributed by atoms with E-state index in [2.05, 4.69) is 22.3 Å². The molecule has 1 aliphatic carbocycles. The second-order valence-corrected chi connectivity index (χ2v) is 4.79. The molecule has 1 aromatic rings. The number of aromatic nitrogens is 3. The normalized spacial score (nSPS) is 25.9. The summed E-state index contributed by atoms with van der Waals surface area (Å²) in [5.74, 6) is 1.91. The first-order chi connectivity index (χ1) is 7.79. The largest absolute Gasteiger partial charge is 0.314 e. The number of hydrogen-bond donors (Lipinski definition) is 1. The maximum absolute atomic E-state index is 4.31. The molecule has 4 heteroatoms. The van der Waals surface area contributed by atoms with Crippen molar-refractivity contribution in [3.63, 3.8) is 0 Å². The van der Waals surface area contributed by atoms with Gasteiger partial charge in [0.2, 0.25) is 0 Å². The molecule has 0 saturated heterocycles. The van der Waals surface area contributed by atoms with Gasteiger partial charge in [-0.1, -0.05) is 13.3 Å². The Morgan fingerprint density at radius 1 is 1.50 bits per heavy atom. The van der Waals surface area contributed by atoms with E-state index in [9.17, 15) is 0 Å². The predicted octanol–water partition coefficient (Wildman–Crippen LogP) is 1.53. The lowest BCUT2D eigenvalue weighted by Gasteiger charge is -2.29. The smallest absolute Gasteiger partial charge is 0.138 e. The van der Waals surface area contributed by atoms with Crippen molar-refractivity contribution in [2.75, 3.05) is 6.54 Å². The van der Waals surface area contributed by atoms with Gasteiger partial charge in [0.15, 0.2) is 0 Å². The Hall–Kier alpha value is -0.900. The van der Waals surface area contributed by atoms with E-state index in [-0.39, 0.29) is 0 Å². The molecule has 0 amide bonds. The molecule has 2 unspecified atom stereocenters. The van der Waals surface area contributed by atoms with Crippen LogP contribution < -0.4 is 5.32 Å². The lowest BCUT2D eigenvalue weighted by Crippen LogP contribution is -2.34. The second-order valence-electron chi connectivity index (χ2n) is 4.79. The Kier molecular flexibility index (Phi) is 3.93. The minimum atomic E-state index is 0.719. The van der Waals surface area contributed by atoms with Gasteiger partial charge in [0.05, 0.1) is 0 Å². The summed E-state index contributed by atoms with van der Waals surface area (Å²) in [7, 11) is 1.98. The SMILES string of the molecule is CCNC1CCCC(Cc2ncnn2C)C1. The van der Waals surface area contributed by atoms with E-state index < -0.39 is 0 Å². The Labute approximate surface area is 97.5 Å². The zero-order valence-corrected chi connectivity index (χ0v) is 10.3. The summed E-state index contributed by atoms with van der Waals surface area (Å²) in [4.78, 5) is 4.31. The topological polar surface area (TPSA) is 42.7 Å². The Balaban J connectivity index is 1.88. The Morgan fingerprint density at radius 2 is 2.38 bits per heavy atom. The van der Waals surface area contributed by atoms with Crippen molar-refractivity contribution < 1.29 is 0 Å². The maximum atomic E-state index is 4.31. The molecule has 0 radical (unpaired) electrons. The maximum Gasteiger partial charge on any atom is 0.138 e. The number of hydrogen-bond acceptors (Lipinski definition) is 3. The highest BCUT2D eigenvalue weighted by molar-refractivity contribution is 4.89. The van der Waals surface area contributed by atoms with Gasteiger partial charge in [0.1, 0.15) is 12.2 Å². The lowest BCUT2D eigenvalue weighted by molar-refractivity contribution is 0.282. The Morgan fingerprint density at radius 3 is 3.06 bits per heavy atom. The van der Waals surface area contributed by atoms with Crippen molar-refractivity contribution in [3.05, 3.63) is 12.2 Å². The van der Waals surface area contributed by atoms with Crippen LogP contribution in [0.1, 0.15) is 38.4 Å². The predicted molar refractivity (Wildman–Crippen MR) is 64.1 cm³/mol. The second kappa shape index (κ2) is 5.43. The van der Waals surface area contributed by atoms with Gasteiger partial charge in [-0.3, -0.25) is 4.68 Å². The highest BCUT2D eigenvalue weighted by Gasteiger charge is 2.22. The number of nitrogens with zero attached hydrogens (tertiary/aromatic N) is 3. The fourth-order valence-electron chi connectivity index (χ4n) is 2.71. The van der Waals surface area contributed by atoms with Gasteiger partial charge in [-0.2, -0.15) is 5.10 Å². The molecule has 1 saturated carbocycles. The van der Waals surface area contributed by atoms with Gasteiger partial charge >= 0.3 is 0 Å². The quantitative estimate of drug-likeness (QED) is 0.840. The van der Waals surface area contributed by atoms with Crippen molar-refractivity contribution in [1.82, 2.24) is 20.1 Å². The van der Waals surface area contributed by atoms with Crippen LogP contribution in [-0.4, -0.2) is 27.4 Å². The zero-order chi connectivity index (χ0) is 11.4. The summed E-state index contributed by atoms with van der Waals surface area (Å²) in [6.07, 6.45) is 8.05. The minimum absolute atomic E-state index is 0.719. The van der Waals surface area contributed by atoms with Crippen molar-refractivity contribution in [1.29, 1.82) is 0 Å². The molecule has 90 valence electrons. The average Bonchev–Trinajstić information content (AvgIpc) is 2.66. The standard InChI is InChI=1S/C12H22N4/c1-3-13-11-6-4-5-10(7-11)8-12-14-9-15-16(12)2/h9-11,13H,3-8H2,1-2H3. The van der Waals surface area contributed by atoms with E-state index in [0.717, 1.165) is 30.7 Å². The molecule has 0 spiro atoms. The highest BCUT2D eigenvalue weighted by atomic mass is 15.3. The molecule has 2 rings (SSSR count). The van der Waals surface area contributed by atoms with E-state index in [4.69, 9.17) is 0 Å². The highest BCUT2D eigenvalue weighted by Crippen LogP contribution is 2.26. The molecular formula is C12H22N4. The van der Waals surface area contributed by atoms with Crippen LogP contribution in [0, 0.1) is 5.92 Å². The molecule has 16 heavy (non-hydrogen) atoms. The first kappa shape index (κ1) is 11.6. The summed E-state index contributed by atoms with van der Waals surface area (Å²) in [5, 5.41) is 7.69. The summed E-state index contributed by atoms with van der Waals surface area (Å²) < 4.78 is 1.90. The van der Waals surface area contributed by atoms with Crippen LogP contribution >= 0.6 is 0 Å². The molecule has 1 fully saturated rings. The van der Waals surface area contributed by atoms with Crippen LogP contribution in [0.4, 0.5) is 0 Å². The molecule has 1 heterocycles. The van der Waals surface area contributed by atoms with E-state index in [0.29, 0.717) is 0 Å². The van der Waals surface area contributed by atoms with Crippen LogP contribution in [0.2, 0.25) is 0 Å². The van der Waals surface area contributed by atoms with E-state index in [1.807, 2.05) is 11.7 Å². The monoisotopic (exact) mass is 222 g/mol. The minimum Gasteiger partial charge on any atom is -0.314 e. The van der Waals surface area contributed by atoms with Crippen molar-refractivity contribution in [3.8, 4) is 0 Å². The molecule has 1 aliphatic rings. The van der Waals surface area contributed by atoms with Crippen molar-refractivity contribution in [2.24, 2.45) is 13.0 Å². The first-order valence-electron chi connectivity index (χ1n) is 6.35. The summed E-state index contributed by atoms with van der Waals surface area (Å²) in [6.45, 7) is 3.27. The number of nitrogens with one attached hydrogen (secondary N) is 1. The van der Waals surface area contributed by atoms with E-state index >= 15 is 0 Å². The molecule has 1 aromatic heterocycles. The lowest BCUT2D eigenvalue weighted by atomic mass is 9.83. The summed E-state index contributed by atoms with van der Waals surface area (Å²) in [5.41, 5.74) is 0. The molecule has 4 nitrogen and oxygen atoms in total. The molecule has 2 atom stereocenters. The van der Waals surface area contributed by atoms with E-state index in [1.54, 1.807) is 6.33 Å². The van der Waals surface area contributed by atoms with Gasteiger partial charge in [-0.15, -0.1) is 0 Å². The van der Waals surface area contributed by atoms with Gasteiger partial charge in [-0.25, -0.2) is 4.98 Å². The third-order valence-electron chi connectivity index (χ3n) is 3.55. The first-order valence-corrected chi connectivity index (χ1v) is 6.35.